The summed E-state index contributed by atoms with van der Waals surface area (Å²) in [4.78, 5) is 24.7. The van der Waals surface area contributed by atoms with E-state index in [-0.39, 0.29) is 17.2 Å². The van der Waals surface area contributed by atoms with Crippen molar-refractivity contribution in [1.29, 1.82) is 0 Å². The number of hydrogen-bond donors (Lipinski definition) is 0. The van der Waals surface area contributed by atoms with E-state index in [1.165, 1.54) is 18.2 Å². The van der Waals surface area contributed by atoms with Crippen molar-refractivity contribution in [3.8, 4) is 0 Å². The third-order valence-electron chi connectivity index (χ3n) is 3.09. The van der Waals surface area contributed by atoms with Gasteiger partial charge < -0.3 is 4.90 Å². The Morgan fingerprint density at radius 3 is 2.55 bits per heavy atom. The van der Waals surface area contributed by atoms with E-state index in [1.807, 2.05) is 25.6 Å². The number of nitro groups is 1. The number of thioether (sulfide) groups is 1. The second-order valence-corrected chi connectivity index (χ2v) is 7.20. The van der Waals surface area contributed by atoms with Crippen LogP contribution in [0.4, 0.5) is 5.69 Å². The molecule has 1 heterocycles. The highest BCUT2D eigenvalue weighted by Gasteiger charge is 2.30. The minimum atomic E-state index is -0.547. The zero-order chi connectivity index (χ0) is 14.9. The summed E-state index contributed by atoms with van der Waals surface area (Å²) < 4.78 is 0. The molecule has 0 saturated carbocycles. The maximum atomic E-state index is 12.5. The number of rotatable bonds is 2. The molecule has 0 bridgehead atoms. The van der Waals surface area contributed by atoms with Crippen LogP contribution in [-0.2, 0) is 0 Å². The van der Waals surface area contributed by atoms with Crippen LogP contribution in [0.15, 0.2) is 18.2 Å². The van der Waals surface area contributed by atoms with Crippen LogP contribution >= 0.6 is 23.4 Å². The molecule has 108 valence electrons. The molecule has 1 aromatic carbocycles. The Balaban J connectivity index is 2.33. The molecule has 5 nitrogen and oxygen atoms in total. The molecule has 7 heteroatoms. The summed E-state index contributed by atoms with van der Waals surface area (Å²) in [5.74, 6) is -0.321. The van der Waals surface area contributed by atoms with Crippen molar-refractivity contribution in [3.63, 3.8) is 0 Å². The zero-order valence-corrected chi connectivity index (χ0v) is 12.8. The normalized spacial score (nSPS) is 22.6. The summed E-state index contributed by atoms with van der Waals surface area (Å²) >= 11 is 7.68. The van der Waals surface area contributed by atoms with Crippen molar-refractivity contribution in [2.24, 2.45) is 0 Å². The van der Waals surface area contributed by atoms with Crippen LogP contribution in [0.3, 0.4) is 0 Å². The zero-order valence-electron chi connectivity index (χ0n) is 11.2. The lowest BCUT2D eigenvalue weighted by Gasteiger charge is -2.34. The van der Waals surface area contributed by atoms with Crippen molar-refractivity contribution in [3.05, 3.63) is 38.9 Å². The van der Waals surface area contributed by atoms with Crippen LogP contribution in [0, 0.1) is 10.1 Å². The highest BCUT2D eigenvalue weighted by Crippen LogP contribution is 2.29. The van der Waals surface area contributed by atoms with Crippen LogP contribution in [-0.4, -0.2) is 39.3 Å². The van der Waals surface area contributed by atoms with Crippen molar-refractivity contribution >= 4 is 35.0 Å². The maximum absolute atomic E-state index is 12.5. The molecule has 1 aromatic rings. The van der Waals surface area contributed by atoms with Gasteiger partial charge in [0.1, 0.15) is 5.56 Å². The Labute approximate surface area is 126 Å². The van der Waals surface area contributed by atoms with Crippen LogP contribution in [0.5, 0.6) is 0 Å². The van der Waals surface area contributed by atoms with Gasteiger partial charge in [-0.25, -0.2) is 0 Å². The van der Waals surface area contributed by atoms with Crippen molar-refractivity contribution in [1.82, 2.24) is 4.90 Å². The molecule has 0 aromatic heterocycles. The van der Waals surface area contributed by atoms with E-state index >= 15 is 0 Å². The first-order valence-corrected chi connectivity index (χ1v) is 7.59. The standard InChI is InChI=1S/C13H15ClN2O3S/c1-8-6-15(7-9(2)20-8)13(17)11-5-10(14)3-4-12(11)16(18)19/h3-5,8-9H,6-7H2,1-2H3. The molecule has 1 saturated heterocycles. The Morgan fingerprint density at radius 2 is 2.00 bits per heavy atom. The van der Waals surface area contributed by atoms with Gasteiger partial charge >= 0.3 is 0 Å². The first kappa shape index (κ1) is 15.1. The van der Waals surface area contributed by atoms with Crippen LogP contribution in [0.25, 0.3) is 0 Å². The number of hydrogen-bond acceptors (Lipinski definition) is 4. The molecule has 1 aliphatic heterocycles. The van der Waals surface area contributed by atoms with Crippen LogP contribution in [0.1, 0.15) is 24.2 Å². The quantitative estimate of drug-likeness (QED) is 0.621. The predicted octanol–water partition coefficient (Wildman–Crippen LogP) is 3.21. The molecular weight excluding hydrogens is 300 g/mol. The fraction of sp³-hybridized carbons (Fsp3) is 0.462. The van der Waals surface area contributed by atoms with Gasteiger partial charge in [0.05, 0.1) is 4.92 Å². The van der Waals surface area contributed by atoms with E-state index < -0.39 is 4.92 Å². The molecule has 2 unspecified atom stereocenters. The number of amides is 1. The summed E-state index contributed by atoms with van der Waals surface area (Å²) in [6.07, 6.45) is 0. The van der Waals surface area contributed by atoms with Crippen molar-refractivity contribution in [2.75, 3.05) is 13.1 Å². The molecule has 1 fully saturated rings. The topological polar surface area (TPSA) is 63.5 Å². The van der Waals surface area contributed by atoms with Crippen molar-refractivity contribution < 1.29 is 9.72 Å². The van der Waals surface area contributed by atoms with E-state index in [9.17, 15) is 14.9 Å². The van der Waals surface area contributed by atoms with Gasteiger partial charge in [0.15, 0.2) is 0 Å². The highest BCUT2D eigenvalue weighted by molar-refractivity contribution is 8.00. The number of carbonyl (C=O) groups excluding carboxylic acids is 1. The third kappa shape index (κ3) is 3.24. The monoisotopic (exact) mass is 314 g/mol. The van der Waals surface area contributed by atoms with Gasteiger partial charge in [0.25, 0.3) is 11.6 Å². The van der Waals surface area contributed by atoms with Gasteiger partial charge in [-0.3, -0.25) is 14.9 Å². The van der Waals surface area contributed by atoms with E-state index in [2.05, 4.69) is 0 Å². The van der Waals surface area contributed by atoms with E-state index in [1.54, 1.807) is 4.90 Å². The smallest absolute Gasteiger partial charge is 0.282 e. The Morgan fingerprint density at radius 1 is 1.40 bits per heavy atom. The first-order chi connectivity index (χ1) is 9.38. The summed E-state index contributed by atoms with van der Waals surface area (Å²) in [7, 11) is 0. The predicted molar refractivity (Wildman–Crippen MR) is 80.5 cm³/mol. The van der Waals surface area contributed by atoms with Gasteiger partial charge in [-0.2, -0.15) is 11.8 Å². The summed E-state index contributed by atoms with van der Waals surface area (Å²) in [5.41, 5.74) is -0.133. The average Bonchev–Trinajstić information content (AvgIpc) is 2.36. The summed E-state index contributed by atoms with van der Waals surface area (Å²) in [6.45, 7) is 5.29. The minimum Gasteiger partial charge on any atom is -0.336 e. The second kappa shape index (κ2) is 6.01. The largest absolute Gasteiger partial charge is 0.336 e. The molecule has 2 rings (SSSR count). The molecule has 0 N–H and O–H groups in total. The summed E-state index contributed by atoms with van der Waals surface area (Å²) in [6, 6.07) is 4.08. The Hall–Kier alpha value is -1.27. The molecule has 2 atom stereocenters. The molecule has 20 heavy (non-hydrogen) atoms. The lowest BCUT2D eigenvalue weighted by Crippen LogP contribution is -2.44. The molecular formula is C13H15ClN2O3S. The second-order valence-electron chi connectivity index (χ2n) is 4.89. The number of nitro benzene ring substituents is 1. The fourth-order valence-electron chi connectivity index (χ4n) is 2.35. The van der Waals surface area contributed by atoms with Gasteiger partial charge in [-0.05, 0) is 12.1 Å². The number of halogens is 1. The summed E-state index contributed by atoms with van der Waals surface area (Å²) in [5, 5.41) is 12.0. The molecule has 0 aliphatic carbocycles. The van der Waals surface area contributed by atoms with Crippen LogP contribution < -0.4 is 0 Å². The van der Waals surface area contributed by atoms with Gasteiger partial charge in [0, 0.05) is 34.7 Å². The van der Waals surface area contributed by atoms with Crippen LogP contribution in [0.2, 0.25) is 5.02 Å². The van der Waals surface area contributed by atoms with E-state index in [0.717, 1.165) is 0 Å². The third-order valence-corrected chi connectivity index (χ3v) is 4.55. The molecule has 0 radical (unpaired) electrons. The minimum absolute atomic E-state index is 0.0637. The lowest BCUT2D eigenvalue weighted by atomic mass is 10.1. The lowest BCUT2D eigenvalue weighted by molar-refractivity contribution is -0.385. The number of nitrogens with zero attached hydrogens (tertiary/aromatic N) is 2. The Bertz CT molecular complexity index is 542. The van der Waals surface area contributed by atoms with Gasteiger partial charge in [-0.15, -0.1) is 0 Å². The Kier molecular flexibility index (Phi) is 4.55. The average molecular weight is 315 g/mol. The number of benzene rings is 1. The van der Waals surface area contributed by atoms with Gasteiger partial charge in [0.2, 0.25) is 0 Å². The number of carbonyl (C=O) groups is 1. The highest BCUT2D eigenvalue weighted by atomic mass is 35.5. The molecule has 0 spiro atoms. The maximum Gasteiger partial charge on any atom is 0.282 e. The first-order valence-electron chi connectivity index (χ1n) is 6.27. The SMILES string of the molecule is CC1CN(C(=O)c2cc(Cl)ccc2[N+](=O)[O-])CC(C)S1. The van der Waals surface area contributed by atoms with Gasteiger partial charge in [-0.1, -0.05) is 25.4 Å². The fourth-order valence-corrected chi connectivity index (χ4v) is 3.85. The van der Waals surface area contributed by atoms with E-state index in [4.69, 9.17) is 11.6 Å². The molecule has 1 aliphatic rings. The molecule has 1 amide bonds. The van der Waals surface area contributed by atoms with E-state index in [0.29, 0.717) is 28.6 Å². The van der Waals surface area contributed by atoms with Crippen molar-refractivity contribution in [2.45, 2.75) is 24.3 Å².